The maximum absolute atomic E-state index is 11.5. The normalized spacial score (nSPS) is 16.9. The van der Waals surface area contributed by atoms with Crippen molar-refractivity contribution in [1.29, 1.82) is 0 Å². The third-order valence-electron chi connectivity index (χ3n) is 4.48. The number of carboxylic acid groups (broad SMARTS) is 1. The Bertz CT molecular complexity index is 510. The molecule has 1 fully saturated rings. The van der Waals surface area contributed by atoms with Gasteiger partial charge in [-0.2, -0.15) is 0 Å². The number of aromatic carboxylic acids is 1. The highest BCUT2D eigenvalue weighted by Crippen LogP contribution is 2.37. The van der Waals surface area contributed by atoms with Crippen LogP contribution in [0.2, 0.25) is 0 Å². The van der Waals surface area contributed by atoms with Gasteiger partial charge in [0.2, 0.25) is 0 Å². The molecule has 2 rings (SSSR count). The van der Waals surface area contributed by atoms with Gasteiger partial charge in [-0.3, -0.25) is 0 Å². The number of carboxylic acids is 1. The minimum atomic E-state index is -0.912. The molecule has 0 unspecified atom stereocenters. The number of aryl methyl sites for hydroxylation is 1. The summed E-state index contributed by atoms with van der Waals surface area (Å²) in [6, 6.07) is 1.74. The second-order valence-electron chi connectivity index (χ2n) is 5.96. The second-order valence-corrected chi connectivity index (χ2v) is 5.96. The second kappa shape index (κ2) is 5.40. The molecule has 0 amide bonds. The van der Waals surface area contributed by atoms with Gasteiger partial charge in [-0.1, -0.05) is 0 Å². The minimum absolute atomic E-state index is 0.149. The van der Waals surface area contributed by atoms with Crippen LogP contribution in [0.1, 0.15) is 35.2 Å². The summed E-state index contributed by atoms with van der Waals surface area (Å²) in [5.41, 5.74) is 1.21. The summed E-state index contributed by atoms with van der Waals surface area (Å²) in [5, 5.41) is 9.40. The Balaban J connectivity index is 2.28. The molecule has 1 aliphatic rings. The number of nitrogens with zero attached hydrogens (tertiary/aromatic N) is 3. The number of pyridine rings is 1. The number of hydrogen-bond acceptors (Lipinski definition) is 4. The maximum Gasteiger partial charge on any atom is 0.339 e. The van der Waals surface area contributed by atoms with Gasteiger partial charge >= 0.3 is 5.97 Å². The standard InChI is InChI=1S/C15H23N3O2/c1-11-6-9-16-13(12(11)14(19)20)18(4)10-15(17(2)3)7-5-8-15/h6,9H,5,7-8,10H2,1-4H3,(H,19,20). The number of anilines is 1. The summed E-state index contributed by atoms with van der Waals surface area (Å²) < 4.78 is 0. The molecule has 1 aromatic rings. The van der Waals surface area contributed by atoms with Crippen LogP contribution < -0.4 is 4.90 Å². The van der Waals surface area contributed by atoms with E-state index in [1.54, 1.807) is 12.3 Å². The third-order valence-corrected chi connectivity index (χ3v) is 4.48. The first kappa shape index (κ1) is 14.8. The summed E-state index contributed by atoms with van der Waals surface area (Å²) in [5.74, 6) is -0.351. The highest BCUT2D eigenvalue weighted by molar-refractivity contribution is 5.94. The maximum atomic E-state index is 11.5. The van der Waals surface area contributed by atoms with Gasteiger partial charge in [0.05, 0.1) is 0 Å². The lowest BCUT2D eigenvalue weighted by atomic mass is 9.75. The predicted octanol–water partition coefficient (Wildman–Crippen LogP) is 2.01. The molecule has 1 saturated carbocycles. The van der Waals surface area contributed by atoms with Gasteiger partial charge in [0.1, 0.15) is 11.4 Å². The lowest BCUT2D eigenvalue weighted by Crippen LogP contribution is -2.57. The fraction of sp³-hybridized carbons (Fsp3) is 0.600. The van der Waals surface area contributed by atoms with Crippen LogP contribution in [-0.4, -0.2) is 54.2 Å². The molecule has 110 valence electrons. The zero-order valence-corrected chi connectivity index (χ0v) is 12.7. The van der Waals surface area contributed by atoms with Gasteiger partial charge in [-0.15, -0.1) is 0 Å². The molecule has 1 aromatic heterocycles. The van der Waals surface area contributed by atoms with E-state index in [0.29, 0.717) is 11.4 Å². The molecular formula is C15H23N3O2. The Morgan fingerprint density at radius 3 is 2.50 bits per heavy atom. The molecule has 1 aliphatic carbocycles. The van der Waals surface area contributed by atoms with Crippen molar-refractivity contribution in [1.82, 2.24) is 9.88 Å². The molecule has 0 bridgehead atoms. The Labute approximate surface area is 120 Å². The molecule has 20 heavy (non-hydrogen) atoms. The summed E-state index contributed by atoms with van der Waals surface area (Å²) in [7, 11) is 6.11. The first-order valence-electron chi connectivity index (χ1n) is 6.95. The minimum Gasteiger partial charge on any atom is -0.478 e. The van der Waals surface area contributed by atoms with Crippen LogP contribution in [0, 0.1) is 6.92 Å². The van der Waals surface area contributed by atoms with Gasteiger partial charge < -0.3 is 14.9 Å². The fourth-order valence-electron chi connectivity index (χ4n) is 2.95. The Hall–Kier alpha value is -1.62. The van der Waals surface area contributed by atoms with E-state index < -0.39 is 5.97 Å². The SMILES string of the molecule is Cc1ccnc(N(C)CC2(N(C)C)CCC2)c1C(=O)O. The van der Waals surface area contributed by atoms with Crippen molar-refractivity contribution < 1.29 is 9.90 Å². The van der Waals surface area contributed by atoms with E-state index in [2.05, 4.69) is 24.0 Å². The van der Waals surface area contributed by atoms with E-state index >= 15 is 0 Å². The van der Waals surface area contributed by atoms with Crippen LogP contribution in [0.3, 0.4) is 0 Å². The largest absolute Gasteiger partial charge is 0.478 e. The molecule has 0 saturated heterocycles. The quantitative estimate of drug-likeness (QED) is 0.892. The lowest BCUT2D eigenvalue weighted by molar-refractivity contribution is 0.0668. The molecule has 0 atom stereocenters. The van der Waals surface area contributed by atoms with Crippen molar-refractivity contribution in [3.05, 3.63) is 23.4 Å². The fourth-order valence-corrected chi connectivity index (χ4v) is 2.95. The van der Waals surface area contributed by atoms with Crippen LogP contribution in [0.4, 0.5) is 5.82 Å². The van der Waals surface area contributed by atoms with Gasteiger partial charge in [0, 0.05) is 25.3 Å². The number of carbonyl (C=O) groups is 1. The molecule has 0 aromatic carbocycles. The zero-order valence-electron chi connectivity index (χ0n) is 12.7. The molecule has 1 heterocycles. The molecule has 5 heteroatoms. The molecule has 0 aliphatic heterocycles. The van der Waals surface area contributed by atoms with Crippen LogP contribution >= 0.6 is 0 Å². The van der Waals surface area contributed by atoms with Crippen LogP contribution in [-0.2, 0) is 0 Å². The molecule has 1 N–H and O–H groups in total. The predicted molar refractivity (Wildman–Crippen MR) is 79.5 cm³/mol. The molecule has 0 radical (unpaired) electrons. The van der Waals surface area contributed by atoms with Gasteiger partial charge in [-0.25, -0.2) is 9.78 Å². The summed E-state index contributed by atoms with van der Waals surface area (Å²) in [4.78, 5) is 20.0. The molecular weight excluding hydrogens is 254 g/mol. The third kappa shape index (κ3) is 2.50. The van der Waals surface area contributed by atoms with E-state index in [1.807, 2.05) is 18.9 Å². The number of aromatic nitrogens is 1. The smallest absolute Gasteiger partial charge is 0.339 e. The Morgan fingerprint density at radius 2 is 2.05 bits per heavy atom. The molecule has 5 nitrogen and oxygen atoms in total. The van der Waals surface area contributed by atoms with Crippen molar-refractivity contribution in [2.45, 2.75) is 31.7 Å². The van der Waals surface area contributed by atoms with Crippen molar-refractivity contribution in [3.8, 4) is 0 Å². The lowest BCUT2D eigenvalue weighted by Gasteiger charge is -2.49. The van der Waals surface area contributed by atoms with Crippen LogP contribution in [0.5, 0.6) is 0 Å². The van der Waals surface area contributed by atoms with E-state index in [4.69, 9.17) is 0 Å². The number of rotatable bonds is 5. The topological polar surface area (TPSA) is 56.7 Å². The van der Waals surface area contributed by atoms with Crippen molar-refractivity contribution in [2.24, 2.45) is 0 Å². The summed E-state index contributed by atoms with van der Waals surface area (Å²) in [6.45, 7) is 2.62. The Kier molecular flexibility index (Phi) is 3.99. The summed E-state index contributed by atoms with van der Waals surface area (Å²) in [6.07, 6.45) is 5.22. The monoisotopic (exact) mass is 277 g/mol. The van der Waals surface area contributed by atoms with Gasteiger partial charge in [0.25, 0.3) is 0 Å². The first-order chi connectivity index (χ1) is 9.37. The first-order valence-corrected chi connectivity index (χ1v) is 6.95. The Morgan fingerprint density at radius 1 is 1.40 bits per heavy atom. The summed E-state index contributed by atoms with van der Waals surface area (Å²) >= 11 is 0. The van der Waals surface area contributed by atoms with Crippen LogP contribution in [0.25, 0.3) is 0 Å². The van der Waals surface area contributed by atoms with Gasteiger partial charge in [0.15, 0.2) is 0 Å². The van der Waals surface area contributed by atoms with Crippen molar-refractivity contribution in [3.63, 3.8) is 0 Å². The van der Waals surface area contributed by atoms with E-state index in [1.165, 1.54) is 6.42 Å². The highest BCUT2D eigenvalue weighted by atomic mass is 16.4. The molecule has 0 spiro atoms. The van der Waals surface area contributed by atoms with Crippen molar-refractivity contribution in [2.75, 3.05) is 32.6 Å². The average Bonchev–Trinajstić information content (AvgIpc) is 2.32. The van der Waals surface area contributed by atoms with E-state index in [0.717, 1.165) is 24.9 Å². The van der Waals surface area contributed by atoms with E-state index in [9.17, 15) is 9.90 Å². The van der Waals surface area contributed by atoms with Crippen LogP contribution in [0.15, 0.2) is 12.3 Å². The number of likely N-dealkylation sites (N-methyl/N-ethyl adjacent to an activating group) is 2. The average molecular weight is 277 g/mol. The van der Waals surface area contributed by atoms with Crippen molar-refractivity contribution >= 4 is 11.8 Å². The number of hydrogen-bond donors (Lipinski definition) is 1. The zero-order chi connectivity index (χ0) is 14.9. The highest BCUT2D eigenvalue weighted by Gasteiger charge is 2.40. The van der Waals surface area contributed by atoms with Gasteiger partial charge in [-0.05, 0) is 51.9 Å². The van der Waals surface area contributed by atoms with E-state index in [-0.39, 0.29) is 5.54 Å².